The van der Waals surface area contributed by atoms with Crippen molar-refractivity contribution in [1.29, 1.82) is 0 Å². The van der Waals surface area contributed by atoms with Crippen molar-refractivity contribution in [3.63, 3.8) is 0 Å². The third kappa shape index (κ3) is 6.97. The van der Waals surface area contributed by atoms with Crippen LogP contribution in [-0.4, -0.2) is 15.9 Å². The number of aliphatic hydroxyl groups is 1. The van der Waals surface area contributed by atoms with Gasteiger partial charge in [-0.15, -0.1) is 29.8 Å². The maximum Gasteiger partial charge on any atom is 0.159 e. The number of aliphatic hydroxyl groups excluding tert-OH is 1. The van der Waals surface area contributed by atoms with Crippen LogP contribution in [0, 0.1) is 17.9 Å². The number of fused-ring (bicyclic) bond motifs is 5. The predicted molar refractivity (Wildman–Crippen MR) is 164 cm³/mol. The number of allylic oxidation sites excluding steroid dienone is 2. The molecule has 4 heteroatoms. The molecule has 1 radical (unpaired) electrons. The van der Waals surface area contributed by atoms with Gasteiger partial charge in [0.1, 0.15) is 0 Å². The van der Waals surface area contributed by atoms with E-state index >= 15 is 0 Å². The second kappa shape index (κ2) is 13.1. The van der Waals surface area contributed by atoms with E-state index in [-0.39, 0.29) is 37.1 Å². The molecule has 0 amide bonds. The Hall–Kier alpha value is -3.07. The second-order valence-corrected chi connectivity index (χ2v) is 12.3. The molecular weight excluding hydrogens is 671 g/mol. The number of rotatable bonds is 5. The molecule has 0 saturated carbocycles. The first-order valence-corrected chi connectivity index (χ1v) is 13.9. The molecule has 5 rings (SSSR count). The molecule has 1 aromatic heterocycles. The number of ketones is 1. The van der Waals surface area contributed by atoms with Crippen molar-refractivity contribution in [1.82, 2.24) is 4.98 Å². The van der Waals surface area contributed by atoms with Gasteiger partial charge in [0.05, 0.1) is 5.76 Å². The van der Waals surface area contributed by atoms with Crippen LogP contribution in [0.5, 0.6) is 0 Å². The zero-order valence-electron chi connectivity index (χ0n) is 24.6. The van der Waals surface area contributed by atoms with E-state index in [1.807, 2.05) is 40.0 Å². The van der Waals surface area contributed by atoms with Gasteiger partial charge < -0.3 is 10.1 Å². The predicted octanol–water partition coefficient (Wildman–Crippen LogP) is 9.73. The Morgan fingerprint density at radius 1 is 0.875 bits per heavy atom. The summed E-state index contributed by atoms with van der Waals surface area (Å²) in [6.45, 7) is 14.8. The van der Waals surface area contributed by atoms with E-state index in [1.165, 1.54) is 44.7 Å². The van der Waals surface area contributed by atoms with Crippen LogP contribution >= 0.6 is 0 Å². The fourth-order valence-corrected chi connectivity index (χ4v) is 5.30. The number of benzene rings is 3. The smallest absolute Gasteiger partial charge is 0.159 e. The fraction of sp³-hybridized carbons (Fsp3) is 0.333. The van der Waals surface area contributed by atoms with Crippen molar-refractivity contribution < 1.29 is 30.0 Å². The van der Waals surface area contributed by atoms with Gasteiger partial charge in [-0.25, -0.2) is 0 Å². The molecule has 0 spiro atoms. The first kappa shape index (κ1) is 31.5. The summed E-state index contributed by atoms with van der Waals surface area (Å²) in [5.74, 6) is 0.979. The topological polar surface area (TPSA) is 50.2 Å². The maximum atomic E-state index is 11.2. The molecule has 1 aliphatic carbocycles. The van der Waals surface area contributed by atoms with E-state index < -0.39 is 0 Å². The van der Waals surface area contributed by atoms with Crippen molar-refractivity contribution in [2.75, 3.05) is 0 Å². The molecule has 0 fully saturated rings. The van der Waals surface area contributed by atoms with Crippen LogP contribution in [0.1, 0.15) is 66.9 Å². The Morgan fingerprint density at radius 2 is 1.50 bits per heavy atom. The van der Waals surface area contributed by atoms with E-state index in [9.17, 15) is 9.90 Å². The van der Waals surface area contributed by atoms with Crippen molar-refractivity contribution in [3.8, 4) is 33.5 Å². The summed E-state index contributed by atoms with van der Waals surface area (Å²) in [6, 6.07) is 25.1. The van der Waals surface area contributed by atoms with Gasteiger partial charge in [0.15, 0.2) is 5.78 Å². The molecule has 0 aliphatic heterocycles. The minimum Gasteiger partial charge on any atom is -0.512 e. The van der Waals surface area contributed by atoms with Crippen LogP contribution in [0.3, 0.4) is 0 Å². The number of aromatic nitrogens is 1. The first-order valence-electron chi connectivity index (χ1n) is 13.9. The van der Waals surface area contributed by atoms with Crippen LogP contribution in [0.15, 0.2) is 78.7 Å². The summed E-state index contributed by atoms with van der Waals surface area (Å²) in [6.07, 6.45) is 4.41. The minimum absolute atomic E-state index is 0. The van der Waals surface area contributed by atoms with Gasteiger partial charge in [-0.05, 0) is 56.5 Å². The fourth-order valence-electron chi connectivity index (χ4n) is 5.30. The monoisotopic (exact) mass is 711 g/mol. The van der Waals surface area contributed by atoms with Crippen molar-refractivity contribution in [2.24, 2.45) is 11.8 Å². The molecular formula is C36H40IrNO2-. The number of hydrogen-bond donors (Lipinski definition) is 1. The molecule has 3 nitrogen and oxygen atoms in total. The van der Waals surface area contributed by atoms with Crippen LogP contribution in [0.4, 0.5) is 0 Å². The van der Waals surface area contributed by atoms with Crippen LogP contribution in [0.25, 0.3) is 44.3 Å². The largest absolute Gasteiger partial charge is 0.512 e. The van der Waals surface area contributed by atoms with Gasteiger partial charge in [0.25, 0.3) is 0 Å². The quantitative estimate of drug-likeness (QED) is 0.112. The molecule has 3 aromatic carbocycles. The summed E-state index contributed by atoms with van der Waals surface area (Å²) in [7, 11) is 0. The Morgan fingerprint density at radius 3 is 2.12 bits per heavy atom. The average molecular weight is 711 g/mol. The van der Waals surface area contributed by atoms with E-state index in [0.29, 0.717) is 24.7 Å². The van der Waals surface area contributed by atoms with Crippen molar-refractivity contribution in [2.45, 2.75) is 66.7 Å². The SMILES string of the molecule is CC(C)(C)c1ccc2c3c(nccc13)-c1[c-]cccc1-c1ccccc1-2.CC(C)CC(=O)/C=C(\O)CC(C)C.[Ir]. The normalized spacial score (nSPS) is 12.2. The molecule has 211 valence electrons. The zero-order chi connectivity index (χ0) is 28.3. The van der Waals surface area contributed by atoms with Gasteiger partial charge in [0.2, 0.25) is 0 Å². The molecule has 1 N–H and O–H groups in total. The summed E-state index contributed by atoms with van der Waals surface area (Å²) in [4.78, 5) is 16.0. The van der Waals surface area contributed by atoms with Crippen LogP contribution in [0.2, 0.25) is 0 Å². The number of hydrogen-bond acceptors (Lipinski definition) is 3. The second-order valence-electron chi connectivity index (χ2n) is 12.3. The molecule has 0 bridgehead atoms. The van der Waals surface area contributed by atoms with Crippen LogP contribution < -0.4 is 0 Å². The Kier molecular flexibility index (Phi) is 10.3. The third-order valence-electron chi connectivity index (χ3n) is 6.89. The first-order chi connectivity index (χ1) is 18.5. The molecule has 0 saturated heterocycles. The van der Waals surface area contributed by atoms with Gasteiger partial charge in [0, 0.05) is 45.2 Å². The molecule has 4 aromatic rings. The van der Waals surface area contributed by atoms with E-state index in [0.717, 1.165) is 11.3 Å². The van der Waals surface area contributed by atoms with Crippen molar-refractivity contribution >= 4 is 16.6 Å². The number of pyridine rings is 1. The molecule has 0 unspecified atom stereocenters. The van der Waals surface area contributed by atoms with Gasteiger partial charge in [-0.3, -0.25) is 4.79 Å². The van der Waals surface area contributed by atoms with E-state index in [1.54, 1.807) is 0 Å². The van der Waals surface area contributed by atoms with Gasteiger partial charge >= 0.3 is 0 Å². The minimum atomic E-state index is 0. The van der Waals surface area contributed by atoms with Crippen LogP contribution in [-0.2, 0) is 30.3 Å². The summed E-state index contributed by atoms with van der Waals surface area (Å²) in [5.41, 5.74) is 8.55. The van der Waals surface area contributed by atoms with E-state index in [2.05, 4.69) is 81.4 Å². The zero-order valence-corrected chi connectivity index (χ0v) is 27.0. The van der Waals surface area contributed by atoms with E-state index in [4.69, 9.17) is 4.98 Å². The van der Waals surface area contributed by atoms with Gasteiger partial charge in [-0.2, -0.15) is 0 Å². The Bertz CT molecular complexity index is 1470. The molecule has 40 heavy (non-hydrogen) atoms. The molecule has 0 atom stereocenters. The third-order valence-corrected chi connectivity index (χ3v) is 6.89. The average Bonchev–Trinajstić information content (AvgIpc) is 2.98. The van der Waals surface area contributed by atoms with Gasteiger partial charge in [-0.1, -0.05) is 96.0 Å². The Balaban J connectivity index is 0.000000272. The number of carbonyl (C=O) groups is 1. The standard InChI is InChI=1S/C25H20N.C11H20O2.Ir/c1-25(2,3)22-13-12-19-17-9-5-4-8-16(17)18-10-6-7-11-20(18)24-23(19)21(22)14-15-26-24;1-8(2)5-10(12)7-11(13)6-9(3)4;/h4-10,12-15H,1-3H3;7-9,12H,5-6H2,1-4H3;/q-1;;/b;10-7-;. The number of carbonyl (C=O) groups excluding carboxylic acids is 1. The summed E-state index contributed by atoms with van der Waals surface area (Å²) < 4.78 is 0. The summed E-state index contributed by atoms with van der Waals surface area (Å²) in [5, 5.41) is 11.9. The molecule has 1 heterocycles. The maximum absolute atomic E-state index is 11.2. The Labute approximate surface area is 253 Å². The number of nitrogens with zero attached hydrogens (tertiary/aromatic N) is 1. The molecule has 1 aliphatic rings. The van der Waals surface area contributed by atoms with Crippen molar-refractivity contribution in [3.05, 3.63) is 90.3 Å². The summed E-state index contributed by atoms with van der Waals surface area (Å²) >= 11 is 0.